The van der Waals surface area contributed by atoms with Crippen molar-refractivity contribution in [3.63, 3.8) is 0 Å². The van der Waals surface area contributed by atoms with Crippen LogP contribution in [-0.2, 0) is 0 Å². The van der Waals surface area contributed by atoms with Crippen molar-refractivity contribution in [3.05, 3.63) is 23.0 Å². The zero-order valence-corrected chi connectivity index (χ0v) is 10.6. The molecule has 0 bridgehead atoms. The Morgan fingerprint density at radius 2 is 2.12 bits per heavy atom. The second-order valence-corrected chi connectivity index (χ2v) is 3.82. The second-order valence-electron chi connectivity index (χ2n) is 3.82. The van der Waals surface area contributed by atoms with Gasteiger partial charge in [0.2, 0.25) is 0 Å². The zero-order chi connectivity index (χ0) is 12.6. The third-order valence-electron chi connectivity index (χ3n) is 2.61. The van der Waals surface area contributed by atoms with Gasteiger partial charge >= 0.3 is 0 Å². The summed E-state index contributed by atoms with van der Waals surface area (Å²) in [5.74, 6) is 0.378. The van der Waals surface area contributed by atoms with Crippen LogP contribution in [0.2, 0.25) is 0 Å². The van der Waals surface area contributed by atoms with Crippen molar-refractivity contribution in [2.75, 3.05) is 0 Å². The molecule has 0 rings (SSSR count). The van der Waals surface area contributed by atoms with Gasteiger partial charge in [0.05, 0.1) is 6.21 Å². The van der Waals surface area contributed by atoms with Crippen LogP contribution in [0.15, 0.2) is 28.0 Å². The molecule has 0 fully saturated rings. The van der Waals surface area contributed by atoms with Gasteiger partial charge in [-0.3, -0.25) is 0 Å². The SMILES string of the molecule is CC/C=C(N)/C=N\C(C#N)=C(/C)C(C)CC. The number of hydrogen-bond donors (Lipinski definition) is 1. The van der Waals surface area contributed by atoms with E-state index in [0.717, 1.165) is 18.4 Å². The number of hydrogen-bond acceptors (Lipinski definition) is 3. The quantitative estimate of drug-likeness (QED) is 0.570. The van der Waals surface area contributed by atoms with Crippen LogP contribution in [0.1, 0.15) is 40.5 Å². The summed E-state index contributed by atoms with van der Waals surface area (Å²) in [6.45, 7) is 8.14. The molecule has 16 heavy (non-hydrogen) atoms. The van der Waals surface area contributed by atoms with Crippen LogP contribution in [0.5, 0.6) is 0 Å². The Labute approximate surface area is 98.4 Å². The van der Waals surface area contributed by atoms with E-state index >= 15 is 0 Å². The van der Waals surface area contributed by atoms with Crippen LogP contribution >= 0.6 is 0 Å². The zero-order valence-electron chi connectivity index (χ0n) is 10.6. The lowest BCUT2D eigenvalue weighted by Crippen LogP contribution is -2.00. The second kappa shape index (κ2) is 7.70. The predicted molar refractivity (Wildman–Crippen MR) is 68.8 cm³/mol. The van der Waals surface area contributed by atoms with Crippen molar-refractivity contribution < 1.29 is 0 Å². The molecule has 1 atom stereocenters. The maximum atomic E-state index is 9.00. The summed E-state index contributed by atoms with van der Waals surface area (Å²) in [5.41, 5.74) is 7.77. The van der Waals surface area contributed by atoms with Gasteiger partial charge in [-0.15, -0.1) is 0 Å². The summed E-state index contributed by atoms with van der Waals surface area (Å²) >= 11 is 0. The lowest BCUT2D eigenvalue weighted by atomic mass is 9.98. The van der Waals surface area contributed by atoms with Crippen LogP contribution in [0.4, 0.5) is 0 Å². The van der Waals surface area contributed by atoms with E-state index in [-0.39, 0.29) is 0 Å². The summed E-state index contributed by atoms with van der Waals surface area (Å²) < 4.78 is 0. The Morgan fingerprint density at radius 3 is 2.56 bits per heavy atom. The summed E-state index contributed by atoms with van der Waals surface area (Å²) in [6.07, 6.45) is 5.30. The van der Waals surface area contributed by atoms with Gasteiger partial charge in [0, 0.05) is 5.70 Å². The predicted octanol–water partition coefficient (Wildman–Crippen LogP) is 3.15. The Kier molecular flexibility index (Phi) is 6.95. The third-order valence-corrected chi connectivity index (χ3v) is 2.61. The molecule has 0 aliphatic heterocycles. The Morgan fingerprint density at radius 1 is 1.50 bits per heavy atom. The van der Waals surface area contributed by atoms with Gasteiger partial charge in [0.15, 0.2) is 0 Å². The summed E-state index contributed by atoms with van der Waals surface area (Å²) in [7, 11) is 0. The van der Waals surface area contributed by atoms with E-state index in [4.69, 9.17) is 11.0 Å². The van der Waals surface area contributed by atoms with E-state index in [9.17, 15) is 0 Å². The highest BCUT2D eigenvalue weighted by Gasteiger charge is 2.06. The lowest BCUT2D eigenvalue weighted by molar-refractivity contribution is 0.650. The molecular weight excluding hydrogens is 198 g/mol. The maximum Gasteiger partial charge on any atom is 0.139 e. The van der Waals surface area contributed by atoms with E-state index in [0.29, 0.717) is 17.3 Å². The van der Waals surface area contributed by atoms with Crippen molar-refractivity contribution in [2.45, 2.75) is 40.5 Å². The first-order chi connectivity index (χ1) is 7.56. The van der Waals surface area contributed by atoms with Gasteiger partial charge in [-0.2, -0.15) is 5.26 Å². The van der Waals surface area contributed by atoms with E-state index in [2.05, 4.69) is 24.9 Å². The molecule has 0 aliphatic carbocycles. The van der Waals surface area contributed by atoms with E-state index in [1.54, 1.807) is 6.21 Å². The van der Waals surface area contributed by atoms with Crippen LogP contribution < -0.4 is 5.73 Å². The largest absolute Gasteiger partial charge is 0.398 e. The molecule has 0 radical (unpaired) electrons. The Balaban J connectivity index is 4.91. The first-order valence-corrected chi connectivity index (χ1v) is 5.67. The summed E-state index contributed by atoms with van der Waals surface area (Å²) in [5, 5.41) is 9.00. The fourth-order valence-corrected chi connectivity index (χ4v) is 1.19. The molecule has 0 aliphatic rings. The highest BCUT2D eigenvalue weighted by atomic mass is 14.8. The molecule has 0 aromatic heterocycles. The van der Waals surface area contributed by atoms with Crippen molar-refractivity contribution in [3.8, 4) is 6.07 Å². The fraction of sp³-hybridized carbons (Fsp3) is 0.538. The highest BCUT2D eigenvalue weighted by Crippen LogP contribution is 2.18. The number of nitriles is 1. The molecule has 0 saturated carbocycles. The maximum absolute atomic E-state index is 9.00. The van der Waals surface area contributed by atoms with Crippen LogP contribution in [-0.4, -0.2) is 6.21 Å². The highest BCUT2D eigenvalue weighted by molar-refractivity contribution is 5.78. The average molecular weight is 219 g/mol. The molecule has 0 aromatic carbocycles. The van der Waals surface area contributed by atoms with Gasteiger partial charge in [-0.1, -0.05) is 26.8 Å². The molecule has 2 N–H and O–H groups in total. The molecule has 1 unspecified atom stereocenters. The number of nitrogens with two attached hydrogens (primary N) is 1. The average Bonchev–Trinajstić information content (AvgIpc) is 2.28. The number of aliphatic imine (C=N–C) groups is 1. The minimum atomic E-state index is 0.378. The molecule has 0 saturated heterocycles. The molecular formula is C13H21N3. The van der Waals surface area contributed by atoms with Crippen molar-refractivity contribution in [1.82, 2.24) is 0 Å². The standard InChI is InChI=1S/C13H21N3/c1-5-7-12(15)9-16-13(8-14)11(4)10(3)6-2/h7,9-10H,5-6,15H2,1-4H3/b12-7-,13-11+,16-9-. The van der Waals surface area contributed by atoms with Crippen LogP contribution in [0, 0.1) is 17.2 Å². The third kappa shape index (κ3) is 4.79. The minimum Gasteiger partial charge on any atom is -0.398 e. The topological polar surface area (TPSA) is 62.2 Å². The number of nitrogens with zero attached hydrogens (tertiary/aromatic N) is 2. The Hall–Kier alpha value is -1.56. The Bertz CT molecular complexity index is 343. The van der Waals surface area contributed by atoms with Crippen LogP contribution in [0.3, 0.4) is 0 Å². The molecule has 0 heterocycles. The molecule has 3 nitrogen and oxygen atoms in total. The minimum absolute atomic E-state index is 0.378. The summed E-state index contributed by atoms with van der Waals surface area (Å²) in [4.78, 5) is 4.13. The molecule has 3 heteroatoms. The van der Waals surface area contributed by atoms with Gasteiger partial charge in [0.25, 0.3) is 0 Å². The van der Waals surface area contributed by atoms with Gasteiger partial charge in [-0.25, -0.2) is 4.99 Å². The van der Waals surface area contributed by atoms with Crippen molar-refractivity contribution in [2.24, 2.45) is 16.6 Å². The number of allylic oxidation sites excluding steroid dienone is 4. The number of rotatable bonds is 5. The fourth-order valence-electron chi connectivity index (χ4n) is 1.19. The van der Waals surface area contributed by atoms with Gasteiger partial charge in [-0.05, 0) is 31.3 Å². The normalized spacial score (nSPS) is 15.8. The van der Waals surface area contributed by atoms with Crippen molar-refractivity contribution in [1.29, 1.82) is 5.26 Å². The monoisotopic (exact) mass is 219 g/mol. The molecule has 0 amide bonds. The molecule has 88 valence electrons. The summed E-state index contributed by atoms with van der Waals surface area (Å²) in [6, 6.07) is 2.11. The van der Waals surface area contributed by atoms with Gasteiger partial charge in [0.1, 0.15) is 11.8 Å². The first-order valence-electron chi connectivity index (χ1n) is 5.67. The molecule has 0 aromatic rings. The lowest BCUT2D eigenvalue weighted by Gasteiger charge is -2.08. The smallest absolute Gasteiger partial charge is 0.139 e. The van der Waals surface area contributed by atoms with Crippen LogP contribution in [0.25, 0.3) is 0 Å². The molecule has 0 spiro atoms. The van der Waals surface area contributed by atoms with Gasteiger partial charge < -0.3 is 5.73 Å². The van der Waals surface area contributed by atoms with E-state index in [1.165, 1.54) is 0 Å². The van der Waals surface area contributed by atoms with E-state index in [1.807, 2.05) is 19.9 Å². The van der Waals surface area contributed by atoms with E-state index < -0.39 is 0 Å². The van der Waals surface area contributed by atoms with Crippen molar-refractivity contribution >= 4 is 6.21 Å². The first kappa shape index (κ1) is 14.4.